The third-order valence-corrected chi connectivity index (χ3v) is 2.97. The van der Waals surface area contributed by atoms with Gasteiger partial charge in [0.15, 0.2) is 0 Å². The van der Waals surface area contributed by atoms with Crippen LogP contribution < -0.4 is 0 Å². The molecule has 0 saturated heterocycles. The lowest BCUT2D eigenvalue weighted by Gasteiger charge is -2.16. The highest BCUT2D eigenvalue weighted by Gasteiger charge is 2.46. The van der Waals surface area contributed by atoms with Crippen LogP contribution in [-0.2, 0) is 20.7 Å². The minimum Gasteiger partial charge on any atom is -0.465 e. The Hall–Kier alpha value is -1.85. The van der Waals surface area contributed by atoms with Crippen molar-refractivity contribution < 1.29 is 27.5 Å². The summed E-state index contributed by atoms with van der Waals surface area (Å²) in [5, 5.41) is 0. The van der Waals surface area contributed by atoms with Crippen LogP contribution in [0.25, 0.3) is 0 Å². The summed E-state index contributed by atoms with van der Waals surface area (Å²) in [6, 6.07) is 9.14. The summed E-state index contributed by atoms with van der Waals surface area (Å²) in [6.07, 6.45) is -4.40. The molecule has 0 heterocycles. The number of rotatable bonds is 7. The molecule has 21 heavy (non-hydrogen) atoms. The number of hydrogen-bond donors (Lipinski definition) is 0. The summed E-state index contributed by atoms with van der Waals surface area (Å²) < 4.78 is 42.0. The van der Waals surface area contributed by atoms with E-state index >= 15 is 0 Å². The van der Waals surface area contributed by atoms with Gasteiger partial charge in [-0.2, -0.15) is 13.2 Å². The predicted octanol–water partition coefficient (Wildman–Crippen LogP) is 3.32. The third-order valence-electron chi connectivity index (χ3n) is 2.97. The van der Waals surface area contributed by atoms with Gasteiger partial charge in [-0.3, -0.25) is 9.59 Å². The molecule has 0 aliphatic carbocycles. The first-order valence-electron chi connectivity index (χ1n) is 6.67. The molecule has 0 aliphatic heterocycles. The largest absolute Gasteiger partial charge is 0.465 e. The Morgan fingerprint density at radius 1 is 1.19 bits per heavy atom. The molecule has 0 amide bonds. The summed E-state index contributed by atoms with van der Waals surface area (Å²) in [4.78, 5) is 22.8. The first-order chi connectivity index (χ1) is 9.86. The second kappa shape index (κ2) is 7.81. The van der Waals surface area contributed by atoms with Gasteiger partial charge in [-0.05, 0) is 31.7 Å². The molecule has 0 radical (unpaired) electrons. The first-order valence-corrected chi connectivity index (χ1v) is 6.67. The van der Waals surface area contributed by atoms with Crippen molar-refractivity contribution in [1.82, 2.24) is 0 Å². The van der Waals surface area contributed by atoms with Gasteiger partial charge in [0.25, 0.3) is 0 Å². The lowest BCUT2D eigenvalue weighted by Crippen LogP contribution is -2.36. The molecule has 0 bridgehead atoms. The smallest absolute Gasteiger partial charge is 0.450 e. The summed E-state index contributed by atoms with van der Waals surface area (Å²) >= 11 is 0. The molecule has 1 atom stereocenters. The van der Waals surface area contributed by atoms with Crippen LogP contribution in [0.5, 0.6) is 0 Å². The van der Waals surface area contributed by atoms with Gasteiger partial charge in [-0.25, -0.2) is 0 Å². The van der Waals surface area contributed by atoms with E-state index in [0.29, 0.717) is 12.8 Å². The number of aryl methyl sites for hydroxylation is 1. The Kier molecular flexibility index (Phi) is 6.39. The van der Waals surface area contributed by atoms with Crippen LogP contribution in [0.4, 0.5) is 13.2 Å². The molecule has 116 valence electrons. The zero-order valence-corrected chi connectivity index (χ0v) is 11.7. The second-order valence-electron chi connectivity index (χ2n) is 4.54. The Labute approximate surface area is 121 Å². The molecular weight excluding hydrogens is 285 g/mol. The van der Waals surface area contributed by atoms with Crippen molar-refractivity contribution in [2.24, 2.45) is 5.92 Å². The molecule has 0 fully saturated rings. The monoisotopic (exact) mass is 302 g/mol. The lowest BCUT2D eigenvalue weighted by molar-refractivity contribution is -0.181. The van der Waals surface area contributed by atoms with Crippen molar-refractivity contribution in [1.29, 1.82) is 0 Å². The summed E-state index contributed by atoms with van der Waals surface area (Å²) in [6.45, 7) is 1.43. The number of ether oxygens (including phenoxy) is 1. The molecule has 0 aromatic heterocycles. The number of Topliss-reactive ketones (excluding diaryl/α,β-unsaturated/α-hetero) is 1. The van der Waals surface area contributed by atoms with E-state index in [4.69, 9.17) is 0 Å². The Morgan fingerprint density at radius 2 is 1.81 bits per heavy atom. The zero-order chi connectivity index (χ0) is 15.9. The normalized spacial score (nSPS) is 12.8. The fourth-order valence-electron chi connectivity index (χ4n) is 1.95. The van der Waals surface area contributed by atoms with Gasteiger partial charge < -0.3 is 4.74 Å². The zero-order valence-electron chi connectivity index (χ0n) is 11.7. The summed E-state index contributed by atoms with van der Waals surface area (Å²) in [5.41, 5.74) is 0.944. The molecule has 0 spiro atoms. The Balaban J connectivity index is 2.65. The highest BCUT2D eigenvalue weighted by molar-refractivity contribution is 6.01. The van der Waals surface area contributed by atoms with Crippen molar-refractivity contribution >= 4 is 11.8 Å². The Morgan fingerprint density at radius 3 is 2.33 bits per heavy atom. The van der Waals surface area contributed by atoms with E-state index in [1.54, 1.807) is 0 Å². The van der Waals surface area contributed by atoms with Crippen molar-refractivity contribution in [2.75, 3.05) is 6.61 Å². The topological polar surface area (TPSA) is 43.4 Å². The third kappa shape index (κ3) is 5.57. The fourth-order valence-corrected chi connectivity index (χ4v) is 1.95. The lowest BCUT2D eigenvalue weighted by atomic mass is 9.95. The van der Waals surface area contributed by atoms with Crippen molar-refractivity contribution in [3.63, 3.8) is 0 Å². The van der Waals surface area contributed by atoms with Crippen molar-refractivity contribution in [3.05, 3.63) is 35.9 Å². The predicted molar refractivity (Wildman–Crippen MR) is 70.6 cm³/mol. The number of hydrogen-bond acceptors (Lipinski definition) is 3. The molecule has 3 nitrogen and oxygen atoms in total. The second-order valence-corrected chi connectivity index (χ2v) is 4.54. The number of ketones is 1. The maximum Gasteiger partial charge on any atom is 0.450 e. The van der Waals surface area contributed by atoms with Gasteiger partial charge in [0.05, 0.1) is 6.61 Å². The number of alkyl halides is 3. The number of carbonyl (C=O) groups is 2. The standard InChI is InChI=1S/C15H17F3O3/c1-2-21-14(20)12(13(19)15(16,17)18)10-6-9-11-7-4-3-5-8-11/h3-5,7-8,12H,2,6,9-10H2,1H3. The number of esters is 1. The highest BCUT2D eigenvalue weighted by atomic mass is 19.4. The number of carbonyl (C=O) groups excluding carboxylic acids is 2. The summed E-state index contributed by atoms with van der Waals surface area (Å²) in [7, 11) is 0. The van der Waals surface area contributed by atoms with E-state index in [-0.39, 0.29) is 13.0 Å². The van der Waals surface area contributed by atoms with Gasteiger partial charge in [-0.1, -0.05) is 30.3 Å². The molecular formula is C15H17F3O3. The van der Waals surface area contributed by atoms with Crippen LogP contribution in [0.15, 0.2) is 30.3 Å². The Bertz CT molecular complexity index is 469. The minimum absolute atomic E-state index is 0.0564. The average molecular weight is 302 g/mol. The van der Waals surface area contributed by atoms with Crippen LogP contribution in [-0.4, -0.2) is 24.5 Å². The van der Waals surface area contributed by atoms with Crippen LogP contribution in [0, 0.1) is 5.92 Å². The molecule has 1 aromatic carbocycles. The van der Waals surface area contributed by atoms with Crippen LogP contribution in [0.1, 0.15) is 25.3 Å². The maximum absolute atomic E-state index is 12.5. The van der Waals surface area contributed by atoms with E-state index in [2.05, 4.69) is 4.74 Å². The van der Waals surface area contributed by atoms with Gasteiger partial charge in [0, 0.05) is 0 Å². The molecule has 1 rings (SSSR count). The van der Waals surface area contributed by atoms with E-state index < -0.39 is 23.8 Å². The van der Waals surface area contributed by atoms with Gasteiger partial charge in [0.2, 0.25) is 5.78 Å². The van der Waals surface area contributed by atoms with Crippen LogP contribution in [0.3, 0.4) is 0 Å². The first kappa shape index (κ1) is 17.2. The fraction of sp³-hybridized carbons (Fsp3) is 0.467. The average Bonchev–Trinajstić information content (AvgIpc) is 2.43. The van der Waals surface area contributed by atoms with Crippen molar-refractivity contribution in [2.45, 2.75) is 32.4 Å². The van der Waals surface area contributed by atoms with E-state index in [9.17, 15) is 22.8 Å². The minimum atomic E-state index is -5.02. The summed E-state index contributed by atoms with van der Waals surface area (Å²) in [5.74, 6) is -4.91. The van der Waals surface area contributed by atoms with Crippen LogP contribution in [0.2, 0.25) is 0 Å². The maximum atomic E-state index is 12.5. The molecule has 1 unspecified atom stereocenters. The molecule has 6 heteroatoms. The van der Waals surface area contributed by atoms with E-state index in [1.807, 2.05) is 30.3 Å². The van der Waals surface area contributed by atoms with Crippen LogP contribution >= 0.6 is 0 Å². The van der Waals surface area contributed by atoms with Gasteiger partial charge in [-0.15, -0.1) is 0 Å². The highest BCUT2D eigenvalue weighted by Crippen LogP contribution is 2.25. The van der Waals surface area contributed by atoms with Gasteiger partial charge >= 0.3 is 12.1 Å². The van der Waals surface area contributed by atoms with E-state index in [0.717, 1.165) is 5.56 Å². The molecule has 0 N–H and O–H groups in total. The molecule has 0 saturated carbocycles. The SMILES string of the molecule is CCOC(=O)C(CCCc1ccccc1)C(=O)C(F)(F)F. The molecule has 0 aliphatic rings. The quantitative estimate of drug-likeness (QED) is 0.573. The van der Waals surface area contributed by atoms with Gasteiger partial charge in [0.1, 0.15) is 5.92 Å². The van der Waals surface area contributed by atoms with E-state index in [1.165, 1.54) is 6.92 Å². The number of benzene rings is 1. The number of halogens is 3. The van der Waals surface area contributed by atoms with Crippen molar-refractivity contribution in [3.8, 4) is 0 Å². The molecule has 1 aromatic rings.